The van der Waals surface area contributed by atoms with E-state index in [2.05, 4.69) is 84.6 Å². The van der Waals surface area contributed by atoms with Crippen molar-refractivity contribution in [2.45, 2.75) is 57.0 Å². The van der Waals surface area contributed by atoms with Crippen LogP contribution in [0.25, 0.3) is 17.2 Å². The highest BCUT2D eigenvalue weighted by atomic mass is 15.1. The molecule has 2 unspecified atom stereocenters. The minimum atomic E-state index is 0.652. The van der Waals surface area contributed by atoms with Gasteiger partial charge in [0.2, 0.25) is 0 Å². The first-order valence-corrected chi connectivity index (χ1v) is 12.9. The van der Waals surface area contributed by atoms with Crippen molar-refractivity contribution in [1.82, 2.24) is 9.80 Å². The summed E-state index contributed by atoms with van der Waals surface area (Å²) in [5.41, 5.74) is 11.7. The molecular formula is C31H36N2. The fourth-order valence-corrected chi connectivity index (χ4v) is 6.47. The van der Waals surface area contributed by atoms with Gasteiger partial charge in [-0.1, -0.05) is 60.7 Å². The smallest absolute Gasteiger partial charge is 0.0311 e. The topological polar surface area (TPSA) is 6.48 Å². The minimum Gasteiger partial charge on any atom is -0.303 e. The predicted octanol–water partition coefficient (Wildman–Crippen LogP) is 6.23. The van der Waals surface area contributed by atoms with Gasteiger partial charge in [-0.25, -0.2) is 0 Å². The number of benzene rings is 2. The van der Waals surface area contributed by atoms with E-state index in [1.807, 2.05) is 0 Å². The number of rotatable bonds is 5. The lowest BCUT2D eigenvalue weighted by atomic mass is 9.95. The normalized spacial score (nSPS) is 25.3. The van der Waals surface area contributed by atoms with Crippen LogP contribution in [0, 0.1) is 0 Å². The third-order valence-corrected chi connectivity index (χ3v) is 8.53. The Morgan fingerprint density at radius 2 is 1.55 bits per heavy atom. The van der Waals surface area contributed by atoms with E-state index in [1.54, 1.807) is 5.57 Å². The molecule has 4 aliphatic rings. The van der Waals surface area contributed by atoms with Crippen molar-refractivity contribution >= 4 is 17.2 Å². The van der Waals surface area contributed by atoms with E-state index < -0.39 is 0 Å². The Balaban J connectivity index is 1.11. The number of nitrogens with zero attached hydrogens (tertiary/aromatic N) is 2. The van der Waals surface area contributed by atoms with Gasteiger partial charge in [0.25, 0.3) is 0 Å². The van der Waals surface area contributed by atoms with Gasteiger partial charge in [0.1, 0.15) is 0 Å². The van der Waals surface area contributed by atoms with E-state index in [0.29, 0.717) is 6.04 Å². The van der Waals surface area contributed by atoms with E-state index in [9.17, 15) is 0 Å². The van der Waals surface area contributed by atoms with Crippen LogP contribution < -0.4 is 0 Å². The average molecular weight is 437 g/mol. The number of likely N-dealkylation sites (N-methyl/N-ethyl adjacent to an activating group) is 2. The van der Waals surface area contributed by atoms with Crippen LogP contribution in [0.2, 0.25) is 0 Å². The highest BCUT2D eigenvalue weighted by Crippen LogP contribution is 2.37. The molecule has 33 heavy (non-hydrogen) atoms. The van der Waals surface area contributed by atoms with Crippen molar-refractivity contribution in [2.24, 2.45) is 0 Å². The summed E-state index contributed by atoms with van der Waals surface area (Å²) in [5, 5.41) is 0. The van der Waals surface area contributed by atoms with Gasteiger partial charge in [-0.15, -0.1) is 0 Å². The van der Waals surface area contributed by atoms with Crippen molar-refractivity contribution in [2.75, 3.05) is 27.2 Å². The fraction of sp³-hybridized carbons (Fsp3) is 0.419. The van der Waals surface area contributed by atoms with E-state index in [-0.39, 0.29) is 0 Å². The van der Waals surface area contributed by atoms with E-state index >= 15 is 0 Å². The molecule has 0 saturated carbocycles. The summed E-state index contributed by atoms with van der Waals surface area (Å²) in [4.78, 5) is 5.05. The molecule has 0 bridgehead atoms. The minimum absolute atomic E-state index is 0.652. The lowest BCUT2D eigenvalue weighted by Crippen LogP contribution is -2.26. The number of hydrogen-bond donors (Lipinski definition) is 0. The fourth-order valence-electron chi connectivity index (χ4n) is 6.47. The van der Waals surface area contributed by atoms with Crippen molar-refractivity contribution in [1.29, 1.82) is 0 Å². The van der Waals surface area contributed by atoms with Crippen molar-refractivity contribution in [3.05, 3.63) is 88.0 Å². The second kappa shape index (κ2) is 8.74. The third-order valence-electron chi connectivity index (χ3n) is 8.53. The molecule has 2 aromatic carbocycles. The molecule has 170 valence electrons. The maximum atomic E-state index is 2.53. The Morgan fingerprint density at radius 3 is 2.27 bits per heavy atom. The van der Waals surface area contributed by atoms with E-state index in [0.717, 1.165) is 18.9 Å². The molecule has 2 aliphatic carbocycles. The summed E-state index contributed by atoms with van der Waals surface area (Å²) in [6, 6.07) is 17.9. The zero-order valence-electron chi connectivity index (χ0n) is 20.2. The molecule has 0 amide bonds. The molecule has 2 heteroatoms. The first-order valence-electron chi connectivity index (χ1n) is 12.9. The van der Waals surface area contributed by atoms with Crippen LogP contribution in [0.4, 0.5) is 0 Å². The Hall–Kier alpha value is -2.42. The van der Waals surface area contributed by atoms with Crippen LogP contribution in [0.3, 0.4) is 0 Å². The molecule has 0 N–H and O–H groups in total. The maximum absolute atomic E-state index is 2.53. The molecule has 2 heterocycles. The monoisotopic (exact) mass is 436 g/mol. The quantitative estimate of drug-likeness (QED) is 0.548. The second-order valence-corrected chi connectivity index (χ2v) is 10.7. The van der Waals surface area contributed by atoms with Crippen LogP contribution in [0.5, 0.6) is 0 Å². The Labute approximate surface area is 199 Å². The molecule has 2 aliphatic heterocycles. The molecule has 0 spiro atoms. The first kappa shape index (κ1) is 21.1. The molecule has 2 aromatic rings. The van der Waals surface area contributed by atoms with Gasteiger partial charge in [-0.05, 0) is 117 Å². The molecule has 0 radical (unpaired) electrons. The summed E-state index contributed by atoms with van der Waals surface area (Å²) < 4.78 is 0. The van der Waals surface area contributed by atoms with Crippen molar-refractivity contribution in [3.63, 3.8) is 0 Å². The average Bonchev–Trinajstić information content (AvgIpc) is 3.61. The van der Waals surface area contributed by atoms with Gasteiger partial charge in [-0.2, -0.15) is 0 Å². The molecule has 2 nitrogen and oxygen atoms in total. The molecule has 2 saturated heterocycles. The number of fused-ring (bicyclic) bond motifs is 1. The van der Waals surface area contributed by atoms with E-state index in [1.165, 1.54) is 84.2 Å². The van der Waals surface area contributed by atoms with Gasteiger partial charge in [0.05, 0.1) is 0 Å². The van der Waals surface area contributed by atoms with Gasteiger partial charge < -0.3 is 4.90 Å². The lowest BCUT2D eigenvalue weighted by molar-refractivity contribution is 0.309. The van der Waals surface area contributed by atoms with E-state index in [4.69, 9.17) is 0 Å². The zero-order chi connectivity index (χ0) is 22.4. The highest BCUT2D eigenvalue weighted by Gasteiger charge is 2.27. The summed E-state index contributed by atoms with van der Waals surface area (Å²) in [6.45, 7) is 2.49. The third kappa shape index (κ3) is 4.16. The zero-order valence-corrected chi connectivity index (χ0v) is 20.2. The first-order chi connectivity index (χ1) is 16.1. The lowest BCUT2D eigenvalue weighted by Gasteiger charge is -2.21. The summed E-state index contributed by atoms with van der Waals surface area (Å²) in [7, 11) is 4.55. The molecule has 0 aromatic heterocycles. The SMILES string of the molecule is CN1CCCC1Cc1ccc2c(c1)CC(c1ccc(C3=CC=C(C4CCCN4C)C3)cc1)=C2. The number of hydrogen-bond acceptors (Lipinski definition) is 2. The number of allylic oxidation sites excluding steroid dienone is 4. The number of likely N-dealkylation sites (tertiary alicyclic amines) is 2. The van der Waals surface area contributed by atoms with Gasteiger partial charge >= 0.3 is 0 Å². The van der Waals surface area contributed by atoms with Crippen LogP contribution in [0.1, 0.15) is 59.9 Å². The van der Waals surface area contributed by atoms with Crippen LogP contribution in [0.15, 0.2) is 60.2 Å². The van der Waals surface area contributed by atoms with Gasteiger partial charge in [-0.3, -0.25) is 4.90 Å². The van der Waals surface area contributed by atoms with Gasteiger partial charge in [0.15, 0.2) is 0 Å². The summed E-state index contributed by atoms with van der Waals surface area (Å²) in [6.07, 6.45) is 15.8. The Morgan fingerprint density at radius 1 is 0.788 bits per heavy atom. The largest absolute Gasteiger partial charge is 0.303 e. The van der Waals surface area contributed by atoms with Crippen LogP contribution >= 0.6 is 0 Å². The van der Waals surface area contributed by atoms with Crippen LogP contribution in [-0.2, 0) is 12.8 Å². The molecule has 6 rings (SSSR count). The Bertz CT molecular complexity index is 1130. The van der Waals surface area contributed by atoms with Gasteiger partial charge in [0, 0.05) is 12.1 Å². The predicted molar refractivity (Wildman–Crippen MR) is 140 cm³/mol. The summed E-state index contributed by atoms with van der Waals surface area (Å²) in [5.74, 6) is 0. The van der Waals surface area contributed by atoms with Crippen molar-refractivity contribution < 1.29 is 0 Å². The van der Waals surface area contributed by atoms with Crippen LogP contribution in [-0.4, -0.2) is 49.1 Å². The second-order valence-electron chi connectivity index (χ2n) is 10.7. The Kier molecular flexibility index (Phi) is 5.60. The standard InChI is InChI=1S/C31H36N2/c1-32-15-3-5-30(32)18-22-7-8-26-20-29(21-28(26)17-22)24-11-9-23(10-12-24)25-13-14-27(19-25)31-6-4-16-33(31)2/h7-14,17,20,30-31H,3-6,15-16,18-19,21H2,1-2H3. The summed E-state index contributed by atoms with van der Waals surface area (Å²) >= 11 is 0. The maximum Gasteiger partial charge on any atom is 0.0311 e. The molecule has 2 atom stereocenters. The molecular weight excluding hydrogens is 400 g/mol. The molecule has 2 fully saturated rings. The highest BCUT2D eigenvalue weighted by molar-refractivity contribution is 5.89. The van der Waals surface area contributed by atoms with Crippen molar-refractivity contribution in [3.8, 4) is 0 Å².